The summed E-state index contributed by atoms with van der Waals surface area (Å²) in [5.74, 6) is 0.784. The van der Waals surface area contributed by atoms with Gasteiger partial charge < -0.3 is 14.3 Å². The Kier molecular flexibility index (Phi) is 5.36. The summed E-state index contributed by atoms with van der Waals surface area (Å²) in [5, 5.41) is 9.69. The third kappa shape index (κ3) is 4.34. The summed E-state index contributed by atoms with van der Waals surface area (Å²) in [4.78, 5) is 21.7. The molecule has 164 valence electrons. The van der Waals surface area contributed by atoms with E-state index in [4.69, 9.17) is 19.1 Å². The van der Waals surface area contributed by atoms with E-state index in [0.717, 1.165) is 16.8 Å². The SMILES string of the molecule is CC(=O)Oc1c(Cc2ccco2)nc2c(Cc3ccccc3)nc(-c3ccc(O)cc3)cn12. The van der Waals surface area contributed by atoms with Gasteiger partial charge in [-0.1, -0.05) is 30.3 Å². The summed E-state index contributed by atoms with van der Waals surface area (Å²) in [7, 11) is 0. The van der Waals surface area contributed by atoms with Crippen LogP contribution in [0.15, 0.2) is 83.6 Å². The average molecular weight is 439 g/mol. The van der Waals surface area contributed by atoms with Crippen LogP contribution in [0, 0.1) is 0 Å². The summed E-state index contributed by atoms with van der Waals surface area (Å²) in [6.07, 6.45) is 4.32. The number of carbonyl (C=O) groups excluding carboxylic acids is 1. The van der Waals surface area contributed by atoms with Gasteiger partial charge in [0.05, 0.1) is 24.1 Å². The summed E-state index contributed by atoms with van der Waals surface area (Å²) in [6.45, 7) is 1.36. The average Bonchev–Trinajstić information content (AvgIpc) is 3.44. The van der Waals surface area contributed by atoms with E-state index >= 15 is 0 Å². The van der Waals surface area contributed by atoms with Gasteiger partial charge in [0.15, 0.2) is 5.65 Å². The topological polar surface area (TPSA) is 89.9 Å². The monoisotopic (exact) mass is 439 g/mol. The molecule has 3 aromatic heterocycles. The Hall–Kier alpha value is -4.39. The Balaban J connectivity index is 1.71. The number of phenols is 1. The largest absolute Gasteiger partial charge is 0.508 e. The van der Waals surface area contributed by atoms with Crippen LogP contribution in [0.3, 0.4) is 0 Å². The lowest BCUT2D eigenvalue weighted by molar-refractivity contribution is -0.132. The van der Waals surface area contributed by atoms with Crippen molar-refractivity contribution in [3.05, 3.63) is 102 Å². The second kappa shape index (κ2) is 8.63. The molecule has 0 spiro atoms. The number of hydrogen-bond acceptors (Lipinski definition) is 6. The van der Waals surface area contributed by atoms with Crippen LogP contribution in [0.2, 0.25) is 0 Å². The van der Waals surface area contributed by atoms with Crippen molar-refractivity contribution >= 4 is 11.6 Å². The molecule has 5 rings (SSSR count). The Labute approximate surface area is 189 Å². The number of esters is 1. The zero-order chi connectivity index (χ0) is 22.8. The van der Waals surface area contributed by atoms with E-state index in [1.807, 2.05) is 42.5 Å². The fourth-order valence-corrected chi connectivity index (χ4v) is 3.75. The predicted molar refractivity (Wildman–Crippen MR) is 122 cm³/mol. The maximum atomic E-state index is 11.9. The fraction of sp³-hybridized carbons (Fsp3) is 0.115. The van der Waals surface area contributed by atoms with Crippen LogP contribution in [0.5, 0.6) is 11.6 Å². The summed E-state index contributed by atoms with van der Waals surface area (Å²) < 4.78 is 12.9. The highest BCUT2D eigenvalue weighted by Crippen LogP contribution is 2.30. The van der Waals surface area contributed by atoms with Gasteiger partial charge in [0.25, 0.3) is 0 Å². The molecule has 7 nitrogen and oxygen atoms in total. The maximum Gasteiger partial charge on any atom is 0.309 e. The number of phenolic OH excluding ortho intramolecular Hbond substituents is 1. The molecule has 0 atom stereocenters. The number of imidazole rings is 1. The Bertz CT molecular complexity index is 1410. The van der Waals surface area contributed by atoms with Gasteiger partial charge >= 0.3 is 5.97 Å². The number of ether oxygens (including phenoxy) is 1. The zero-order valence-electron chi connectivity index (χ0n) is 17.9. The summed E-state index contributed by atoms with van der Waals surface area (Å²) in [5.41, 5.74) is 4.51. The summed E-state index contributed by atoms with van der Waals surface area (Å²) >= 11 is 0. The van der Waals surface area contributed by atoms with Crippen molar-refractivity contribution < 1.29 is 19.1 Å². The van der Waals surface area contributed by atoms with E-state index in [0.29, 0.717) is 41.5 Å². The number of benzene rings is 2. The van der Waals surface area contributed by atoms with Crippen LogP contribution >= 0.6 is 0 Å². The van der Waals surface area contributed by atoms with Gasteiger partial charge in [0.1, 0.15) is 17.2 Å². The molecular formula is C26H21N3O4. The number of rotatable bonds is 6. The zero-order valence-corrected chi connectivity index (χ0v) is 17.9. The lowest BCUT2D eigenvalue weighted by Gasteiger charge is -2.10. The molecule has 0 aliphatic carbocycles. The lowest BCUT2D eigenvalue weighted by atomic mass is 10.1. The standard InChI is InChI=1S/C26H21N3O4/c1-17(30)33-26-23(15-21-8-5-13-32-21)28-25-22(14-18-6-3-2-4-7-18)27-24(16-29(25)26)19-9-11-20(31)12-10-19/h2-13,16,31H,14-15H2,1H3. The Morgan fingerprint density at radius 3 is 2.45 bits per heavy atom. The molecule has 0 saturated heterocycles. The van der Waals surface area contributed by atoms with Crippen molar-refractivity contribution in [3.63, 3.8) is 0 Å². The van der Waals surface area contributed by atoms with E-state index in [1.54, 1.807) is 41.1 Å². The number of carbonyl (C=O) groups is 1. The molecule has 0 fully saturated rings. The predicted octanol–water partition coefficient (Wildman–Crippen LogP) is 4.80. The number of furan rings is 1. The van der Waals surface area contributed by atoms with Crippen molar-refractivity contribution in [1.29, 1.82) is 0 Å². The van der Waals surface area contributed by atoms with Gasteiger partial charge in [-0.15, -0.1) is 0 Å². The molecule has 0 unspecified atom stereocenters. The number of fused-ring (bicyclic) bond motifs is 1. The molecule has 1 N–H and O–H groups in total. The molecule has 5 aromatic rings. The third-order valence-electron chi connectivity index (χ3n) is 5.24. The van der Waals surface area contributed by atoms with Crippen LogP contribution in [0.25, 0.3) is 16.9 Å². The molecule has 0 bridgehead atoms. The van der Waals surface area contributed by atoms with Crippen LogP contribution in [0.1, 0.15) is 29.6 Å². The normalized spacial score (nSPS) is 11.1. The van der Waals surface area contributed by atoms with Gasteiger partial charge in [0.2, 0.25) is 5.88 Å². The molecule has 2 aromatic carbocycles. The van der Waals surface area contributed by atoms with Gasteiger partial charge in [-0.05, 0) is 42.0 Å². The number of aromatic hydroxyl groups is 1. The highest BCUT2D eigenvalue weighted by Gasteiger charge is 2.21. The second-order valence-electron chi connectivity index (χ2n) is 7.69. The molecule has 0 amide bonds. The molecule has 3 heterocycles. The quantitative estimate of drug-likeness (QED) is 0.382. The molecule has 0 saturated carbocycles. The highest BCUT2D eigenvalue weighted by molar-refractivity contribution is 5.71. The van der Waals surface area contributed by atoms with E-state index in [1.165, 1.54) is 6.92 Å². The van der Waals surface area contributed by atoms with Gasteiger partial charge in [-0.25, -0.2) is 9.97 Å². The van der Waals surface area contributed by atoms with Crippen molar-refractivity contribution in [2.75, 3.05) is 0 Å². The maximum absolute atomic E-state index is 11.9. The molecule has 33 heavy (non-hydrogen) atoms. The minimum absolute atomic E-state index is 0.174. The molecule has 0 aliphatic heterocycles. The minimum Gasteiger partial charge on any atom is -0.508 e. The van der Waals surface area contributed by atoms with E-state index in [-0.39, 0.29) is 5.75 Å². The highest BCUT2D eigenvalue weighted by atomic mass is 16.5. The smallest absolute Gasteiger partial charge is 0.309 e. The van der Waals surface area contributed by atoms with Gasteiger partial charge in [-0.3, -0.25) is 9.20 Å². The van der Waals surface area contributed by atoms with Crippen LogP contribution in [-0.2, 0) is 17.6 Å². The molecular weight excluding hydrogens is 418 g/mol. The first-order valence-corrected chi connectivity index (χ1v) is 10.5. The Morgan fingerprint density at radius 2 is 1.76 bits per heavy atom. The lowest BCUT2D eigenvalue weighted by Crippen LogP contribution is -2.07. The number of nitrogens with zero attached hydrogens (tertiary/aromatic N) is 3. The van der Waals surface area contributed by atoms with E-state index < -0.39 is 5.97 Å². The van der Waals surface area contributed by atoms with Crippen LogP contribution in [0.4, 0.5) is 0 Å². The third-order valence-corrected chi connectivity index (χ3v) is 5.24. The minimum atomic E-state index is -0.440. The first-order valence-electron chi connectivity index (χ1n) is 10.5. The Morgan fingerprint density at radius 1 is 0.970 bits per heavy atom. The molecule has 0 aliphatic rings. The van der Waals surface area contributed by atoms with Crippen molar-refractivity contribution in [2.24, 2.45) is 0 Å². The van der Waals surface area contributed by atoms with Gasteiger partial charge in [0, 0.05) is 25.1 Å². The number of hydrogen-bond donors (Lipinski definition) is 1. The van der Waals surface area contributed by atoms with E-state index in [2.05, 4.69) is 0 Å². The fourth-order valence-electron chi connectivity index (χ4n) is 3.75. The van der Waals surface area contributed by atoms with Crippen molar-refractivity contribution in [2.45, 2.75) is 19.8 Å². The van der Waals surface area contributed by atoms with E-state index in [9.17, 15) is 9.90 Å². The first-order chi connectivity index (χ1) is 16.1. The second-order valence-corrected chi connectivity index (χ2v) is 7.69. The van der Waals surface area contributed by atoms with Crippen molar-refractivity contribution in [1.82, 2.24) is 14.4 Å². The van der Waals surface area contributed by atoms with Gasteiger partial charge in [-0.2, -0.15) is 0 Å². The van der Waals surface area contributed by atoms with Crippen LogP contribution in [-0.4, -0.2) is 25.4 Å². The number of aromatic nitrogens is 3. The first kappa shape index (κ1) is 20.5. The summed E-state index contributed by atoms with van der Waals surface area (Å²) in [6, 6.07) is 20.5. The molecule has 7 heteroatoms. The van der Waals surface area contributed by atoms with Crippen molar-refractivity contribution in [3.8, 4) is 22.9 Å². The molecule has 0 radical (unpaired) electrons. The van der Waals surface area contributed by atoms with Crippen LogP contribution < -0.4 is 4.74 Å².